The van der Waals surface area contributed by atoms with Crippen molar-refractivity contribution in [3.8, 4) is 0 Å². The van der Waals surface area contributed by atoms with Crippen molar-refractivity contribution in [3.63, 3.8) is 0 Å². The fourth-order valence-electron chi connectivity index (χ4n) is 3.33. The fraction of sp³-hybridized carbons (Fsp3) is 0.0833. The maximum absolute atomic E-state index is 13.3. The number of fused-ring (bicyclic) bond motifs is 1. The molecular weight excluding hydrogens is 411 g/mol. The highest BCUT2D eigenvalue weighted by molar-refractivity contribution is 6.05. The Morgan fingerprint density at radius 1 is 0.969 bits per heavy atom. The minimum absolute atomic E-state index is 0.0430. The number of pyridine rings is 2. The molecule has 0 atom stereocenters. The average molecular weight is 430 g/mol. The lowest BCUT2D eigenvalue weighted by Crippen LogP contribution is -2.30. The van der Waals surface area contributed by atoms with E-state index in [0.717, 1.165) is 0 Å². The SMILES string of the molecule is CC(=O)Nc1ccc(NC(=O)c2cc3cccnc3n(Cc3ccc(F)cc3)c2=O)cc1. The van der Waals surface area contributed by atoms with Crippen molar-refractivity contribution in [2.45, 2.75) is 13.5 Å². The zero-order valence-corrected chi connectivity index (χ0v) is 17.1. The summed E-state index contributed by atoms with van der Waals surface area (Å²) in [7, 11) is 0. The van der Waals surface area contributed by atoms with Crippen molar-refractivity contribution in [1.82, 2.24) is 9.55 Å². The summed E-state index contributed by atoms with van der Waals surface area (Å²) in [5, 5.41) is 5.98. The second-order valence-electron chi connectivity index (χ2n) is 7.20. The monoisotopic (exact) mass is 430 g/mol. The number of hydrogen-bond donors (Lipinski definition) is 2. The van der Waals surface area contributed by atoms with E-state index in [0.29, 0.717) is 28.0 Å². The Labute approximate surface area is 182 Å². The minimum Gasteiger partial charge on any atom is -0.326 e. The lowest BCUT2D eigenvalue weighted by atomic mass is 10.1. The van der Waals surface area contributed by atoms with Crippen LogP contribution in [0.15, 0.2) is 77.7 Å². The molecule has 0 saturated heterocycles. The van der Waals surface area contributed by atoms with Gasteiger partial charge in [0.15, 0.2) is 0 Å². The Kier molecular flexibility index (Phi) is 5.76. The van der Waals surface area contributed by atoms with Gasteiger partial charge in [0.25, 0.3) is 11.5 Å². The van der Waals surface area contributed by atoms with Crippen molar-refractivity contribution in [2.75, 3.05) is 10.6 Å². The number of halogens is 1. The fourth-order valence-corrected chi connectivity index (χ4v) is 3.33. The number of amides is 2. The third kappa shape index (κ3) is 4.54. The number of benzene rings is 2. The third-order valence-corrected chi connectivity index (χ3v) is 4.81. The van der Waals surface area contributed by atoms with E-state index in [2.05, 4.69) is 15.6 Å². The van der Waals surface area contributed by atoms with Gasteiger partial charge in [-0.05, 0) is 60.2 Å². The molecule has 0 fully saturated rings. The van der Waals surface area contributed by atoms with E-state index >= 15 is 0 Å². The van der Waals surface area contributed by atoms with Crippen molar-refractivity contribution in [3.05, 3.63) is 100 Å². The van der Waals surface area contributed by atoms with Crippen LogP contribution in [0, 0.1) is 5.82 Å². The van der Waals surface area contributed by atoms with E-state index in [1.54, 1.807) is 54.7 Å². The van der Waals surface area contributed by atoms with E-state index in [4.69, 9.17) is 0 Å². The molecule has 2 amide bonds. The van der Waals surface area contributed by atoms with E-state index in [9.17, 15) is 18.8 Å². The number of rotatable bonds is 5. The Hall–Kier alpha value is -4.33. The molecule has 0 aliphatic rings. The first-order valence-corrected chi connectivity index (χ1v) is 9.83. The molecule has 0 unspecified atom stereocenters. The van der Waals surface area contributed by atoms with Gasteiger partial charge >= 0.3 is 0 Å². The molecule has 0 aliphatic carbocycles. The molecule has 0 spiro atoms. The first kappa shape index (κ1) is 20.9. The standard InChI is InChI=1S/C24H19FN4O3/c1-15(30)27-19-8-10-20(11-9-19)28-23(31)21-13-17-3-2-12-26-22(17)29(24(21)32)14-16-4-6-18(25)7-5-16/h2-13H,14H2,1H3,(H,27,30)(H,28,31). The summed E-state index contributed by atoms with van der Waals surface area (Å²) in [5.41, 5.74) is 1.64. The molecule has 8 heteroatoms. The summed E-state index contributed by atoms with van der Waals surface area (Å²) in [6.07, 6.45) is 1.57. The van der Waals surface area contributed by atoms with E-state index in [-0.39, 0.29) is 23.8 Å². The predicted molar refractivity (Wildman–Crippen MR) is 120 cm³/mol. The quantitative estimate of drug-likeness (QED) is 0.504. The Bertz CT molecular complexity index is 1360. The molecule has 160 valence electrons. The van der Waals surface area contributed by atoms with Gasteiger partial charge in [-0.2, -0.15) is 0 Å². The molecule has 7 nitrogen and oxygen atoms in total. The highest BCUT2D eigenvalue weighted by Crippen LogP contribution is 2.17. The highest BCUT2D eigenvalue weighted by Gasteiger charge is 2.17. The van der Waals surface area contributed by atoms with Crippen molar-refractivity contribution in [1.29, 1.82) is 0 Å². The van der Waals surface area contributed by atoms with Crippen LogP contribution in [-0.4, -0.2) is 21.4 Å². The number of hydrogen-bond acceptors (Lipinski definition) is 4. The molecule has 0 radical (unpaired) electrons. The number of aromatic nitrogens is 2. The zero-order chi connectivity index (χ0) is 22.7. The van der Waals surface area contributed by atoms with Gasteiger partial charge < -0.3 is 10.6 Å². The van der Waals surface area contributed by atoms with Crippen molar-refractivity contribution in [2.24, 2.45) is 0 Å². The summed E-state index contributed by atoms with van der Waals surface area (Å²) < 4.78 is 14.7. The predicted octanol–water partition coefficient (Wildman–Crippen LogP) is 3.79. The zero-order valence-electron chi connectivity index (χ0n) is 17.1. The number of carbonyl (C=O) groups excluding carboxylic acids is 2. The summed E-state index contributed by atoms with van der Waals surface area (Å²) in [6, 6.07) is 17.3. The Morgan fingerprint density at radius 3 is 2.28 bits per heavy atom. The third-order valence-electron chi connectivity index (χ3n) is 4.81. The van der Waals surface area contributed by atoms with Gasteiger partial charge in [0.05, 0.1) is 6.54 Å². The maximum atomic E-state index is 13.3. The van der Waals surface area contributed by atoms with E-state index in [1.807, 2.05) is 0 Å². The van der Waals surface area contributed by atoms with Gasteiger partial charge in [0, 0.05) is 29.9 Å². The van der Waals surface area contributed by atoms with Crippen LogP contribution in [0.1, 0.15) is 22.8 Å². The number of carbonyl (C=O) groups is 2. The van der Waals surface area contributed by atoms with Gasteiger partial charge in [0.2, 0.25) is 5.91 Å². The molecule has 0 bridgehead atoms. The van der Waals surface area contributed by atoms with Gasteiger partial charge in [-0.15, -0.1) is 0 Å². The lowest BCUT2D eigenvalue weighted by Gasteiger charge is -2.13. The van der Waals surface area contributed by atoms with Gasteiger partial charge in [-0.3, -0.25) is 19.0 Å². The number of nitrogens with one attached hydrogen (secondary N) is 2. The Morgan fingerprint density at radius 2 is 1.62 bits per heavy atom. The van der Waals surface area contributed by atoms with E-state index in [1.165, 1.54) is 29.7 Å². The highest BCUT2D eigenvalue weighted by atomic mass is 19.1. The second-order valence-corrected chi connectivity index (χ2v) is 7.20. The summed E-state index contributed by atoms with van der Waals surface area (Å²) in [5.74, 6) is -1.14. The van der Waals surface area contributed by atoms with Crippen LogP contribution in [0.4, 0.5) is 15.8 Å². The molecule has 4 rings (SSSR count). The van der Waals surface area contributed by atoms with Gasteiger partial charge in [0.1, 0.15) is 17.0 Å². The van der Waals surface area contributed by atoms with Gasteiger partial charge in [-0.25, -0.2) is 9.37 Å². The first-order chi connectivity index (χ1) is 15.4. The van der Waals surface area contributed by atoms with Crippen molar-refractivity contribution < 1.29 is 14.0 Å². The molecule has 4 aromatic rings. The normalized spacial score (nSPS) is 10.7. The molecule has 32 heavy (non-hydrogen) atoms. The molecule has 2 aromatic heterocycles. The van der Waals surface area contributed by atoms with Crippen LogP contribution in [0.3, 0.4) is 0 Å². The maximum Gasteiger partial charge on any atom is 0.265 e. The van der Waals surface area contributed by atoms with Crippen LogP contribution >= 0.6 is 0 Å². The van der Waals surface area contributed by atoms with Crippen LogP contribution in [0.5, 0.6) is 0 Å². The molecule has 0 saturated carbocycles. The molecular formula is C24H19FN4O3. The Balaban J connectivity index is 1.68. The summed E-state index contributed by atoms with van der Waals surface area (Å²) in [6.45, 7) is 1.54. The van der Waals surface area contributed by atoms with Crippen molar-refractivity contribution >= 4 is 34.2 Å². The average Bonchev–Trinajstić information content (AvgIpc) is 2.78. The largest absolute Gasteiger partial charge is 0.326 e. The van der Waals surface area contributed by atoms with Crippen LogP contribution < -0.4 is 16.2 Å². The topological polar surface area (TPSA) is 93.1 Å². The van der Waals surface area contributed by atoms with Gasteiger partial charge in [-0.1, -0.05) is 12.1 Å². The van der Waals surface area contributed by atoms with Crippen LogP contribution in [0.25, 0.3) is 11.0 Å². The van der Waals surface area contributed by atoms with E-state index < -0.39 is 11.5 Å². The van der Waals surface area contributed by atoms with Crippen LogP contribution in [-0.2, 0) is 11.3 Å². The smallest absolute Gasteiger partial charge is 0.265 e. The molecule has 2 heterocycles. The summed E-state index contributed by atoms with van der Waals surface area (Å²) in [4.78, 5) is 41.6. The lowest BCUT2D eigenvalue weighted by molar-refractivity contribution is -0.114. The molecule has 2 N–H and O–H groups in total. The van der Waals surface area contributed by atoms with Crippen LogP contribution in [0.2, 0.25) is 0 Å². The summed E-state index contributed by atoms with van der Waals surface area (Å²) >= 11 is 0. The molecule has 0 aliphatic heterocycles. The second kappa shape index (κ2) is 8.81. The molecule has 2 aromatic carbocycles. The number of nitrogens with zero attached hydrogens (tertiary/aromatic N) is 2. The minimum atomic E-state index is -0.569. The first-order valence-electron chi connectivity index (χ1n) is 9.83. The number of anilines is 2.